The Balaban J connectivity index is 2.22. The van der Waals surface area contributed by atoms with Crippen LogP contribution in [0.15, 0.2) is 24.3 Å². The van der Waals surface area contributed by atoms with Gasteiger partial charge in [0.15, 0.2) is 0 Å². The first-order valence-electron chi connectivity index (χ1n) is 4.50. The zero-order valence-corrected chi connectivity index (χ0v) is 8.62. The SMILES string of the molecule is O=C(Cl)NN1Cc2ccccc2CC1=O. The first-order chi connectivity index (χ1) is 7.16. The van der Waals surface area contributed by atoms with Crippen molar-refractivity contribution in [1.82, 2.24) is 10.4 Å². The second-order valence-electron chi connectivity index (χ2n) is 3.31. The number of amides is 2. The van der Waals surface area contributed by atoms with E-state index in [2.05, 4.69) is 5.43 Å². The van der Waals surface area contributed by atoms with E-state index in [0.717, 1.165) is 11.1 Å². The molecular formula is C10H9ClN2O2. The number of halogens is 1. The van der Waals surface area contributed by atoms with Gasteiger partial charge in [0.1, 0.15) is 0 Å². The summed E-state index contributed by atoms with van der Waals surface area (Å²) in [6, 6.07) is 7.62. The van der Waals surface area contributed by atoms with E-state index in [-0.39, 0.29) is 5.91 Å². The maximum absolute atomic E-state index is 11.5. The third kappa shape index (κ3) is 2.10. The molecular weight excluding hydrogens is 216 g/mol. The number of fused-ring (bicyclic) bond motifs is 1. The maximum atomic E-state index is 11.5. The van der Waals surface area contributed by atoms with Crippen LogP contribution < -0.4 is 5.43 Å². The molecule has 0 saturated heterocycles. The molecule has 0 aliphatic carbocycles. The first kappa shape index (κ1) is 9.98. The molecule has 2 amide bonds. The standard InChI is InChI=1S/C10H9ClN2O2/c11-10(15)12-13-6-8-4-2-1-3-7(8)5-9(13)14/h1-4H,5-6H2,(H,12,15). The van der Waals surface area contributed by atoms with Crippen LogP contribution in [0.1, 0.15) is 11.1 Å². The number of hydrazine groups is 1. The van der Waals surface area contributed by atoms with Crippen molar-refractivity contribution < 1.29 is 9.59 Å². The number of benzene rings is 1. The molecule has 1 aliphatic heterocycles. The van der Waals surface area contributed by atoms with Crippen LogP contribution in [0.2, 0.25) is 0 Å². The molecule has 1 aromatic rings. The quantitative estimate of drug-likeness (QED) is 0.580. The summed E-state index contributed by atoms with van der Waals surface area (Å²) in [7, 11) is 0. The highest BCUT2D eigenvalue weighted by atomic mass is 35.5. The fourth-order valence-electron chi connectivity index (χ4n) is 1.61. The van der Waals surface area contributed by atoms with Crippen molar-refractivity contribution in [1.29, 1.82) is 0 Å². The normalized spacial score (nSPS) is 14.7. The minimum absolute atomic E-state index is 0.150. The summed E-state index contributed by atoms with van der Waals surface area (Å²) in [6.07, 6.45) is 0.299. The van der Waals surface area contributed by atoms with Gasteiger partial charge >= 0.3 is 5.37 Å². The fraction of sp³-hybridized carbons (Fsp3) is 0.200. The Bertz CT molecular complexity index is 420. The summed E-state index contributed by atoms with van der Waals surface area (Å²) >= 11 is 5.16. The summed E-state index contributed by atoms with van der Waals surface area (Å²) in [5, 5.41) is 0.486. The molecule has 1 aliphatic rings. The predicted octanol–water partition coefficient (Wildman–Crippen LogP) is 1.43. The number of nitrogens with one attached hydrogen (secondary N) is 1. The van der Waals surface area contributed by atoms with Crippen LogP contribution >= 0.6 is 11.6 Å². The number of nitrogens with zero attached hydrogens (tertiary/aromatic N) is 1. The molecule has 78 valence electrons. The Morgan fingerprint density at radius 2 is 2.00 bits per heavy atom. The van der Waals surface area contributed by atoms with Gasteiger partial charge in [-0.05, 0) is 22.7 Å². The van der Waals surface area contributed by atoms with Crippen molar-refractivity contribution in [2.75, 3.05) is 0 Å². The van der Waals surface area contributed by atoms with Gasteiger partial charge in [-0.15, -0.1) is 0 Å². The molecule has 4 nitrogen and oxygen atoms in total. The Hall–Kier alpha value is -1.55. The average molecular weight is 225 g/mol. The van der Waals surface area contributed by atoms with Crippen molar-refractivity contribution in [3.05, 3.63) is 35.4 Å². The summed E-state index contributed by atoms with van der Waals surface area (Å²) in [4.78, 5) is 22.2. The highest BCUT2D eigenvalue weighted by Crippen LogP contribution is 2.17. The fourth-order valence-corrected chi connectivity index (χ4v) is 1.71. The van der Waals surface area contributed by atoms with Gasteiger partial charge in [0.25, 0.3) is 0 Å². The lowest BCUT2D eigenvalue weighted by Gasteiger charge is -2.27. The smallest absolute Gasteiger partial charge is 0.273 e. The molecule has 15 heavy (non-hydrogen) atoms. The van der Waals surface area contributed by atoms with Crippen LogP contribution in [0, 0.1) is 0 Å². The third-order valence-electron chi connectivity index (χ3n) is 2.31. The van der Waals surface area contributed by atoms with Crippen LogP contribution in [0.25, 0.3) is 0 Å². The largest absolute Gasteiger partial charge is 0.332 e. The molecule has 0 fully saturated rings. The van der Waals surface area contributed by atoms with E-state index in [1.165, 1.54) is 5.01 Å². The van der Waals surface area contributed by atoms with Crippen LogP contribution in [0.5, 0.6) is 0 Å². The van der Waals surface area contributed by atoms with Crippen LogP contribution in [0.4, 0.5) is 4.79 Å². The lowest BCUT2D eigenvalue weighted by atomic mass is 10.0. The van der Waals surface area contributed by atoms with Crippen LogP contribution in [-0.2, 0) is 17.8 Å². The first-order valence-corrected chi connectivity index (χ1v) is 4.88. The number of hydrogen-bond acceptors (Lipinski definition) is 2. The van der Waals surface area contributed by atoms with E-state index >= 15 is 0 Å². The molecule has 5 heteroatoms. The molecule has 1 N–H and O–H groups in total. The second kappa shape index (κ2) is 3.90. The molecule has 0 spiro atoms. The second-order valence-corrected chi connectivity index (χ2v) is 3.65. The van der Waals surface area contributed by atoms with Gasteiger partial charge in [-0.25, -0.2) is 5.01 Å². The summed E-state index contributed by atoms with van der Waals surface area (Å²) in [5.74, 6) is -0.150. The highest BCUT2D eigenvalue weighted by Gasteiger charge is 2.23. The van der Waals surface area contributed by atoms with Crippen LogP contribution in [0.3, 0.4) is 0 Å². The summed E-state index contributed by atoms with van der Waals surface area (Å²) in [6.45, 7) is 0.369. The van der Waals surface area contributed by atoms with Crippen molar-refractivity contribution in [3.8, 4) is 0 Å². The minimum Gasteiger partial charge on any atom is -0.273 e. The average Bonchev–Trinajstić information content (AvgIpc) is 2.18. The number of carbonyl (C=O) groups excluding carboxylic acids is 2. The van der Waals surface area contributed by atoms with Crippen molar-refractivity contribution in [2.45, 2.75) is 13.0 Å². The Morgan fingerprint density at radius 1 is 1.33 bits per heavy atom. The molecule has 0 radical (unpaired) electrons. The van der Waals surface area contributed by atoms with E-state index in [4.69, 9.17) is 11.6 Å². The number of rotatable bonds is 1. The van der Waals surface area contributed by atoms with E-state index in [9.17, 15) is 9.59 Å². The zero-order valence-electron chi connectivity index (χ0n) is 7.87. The topological polar surface area (TPSA) is 49.4 Å². The number of hydrogen-bond donors (Lipinski definition) is 1. The van der Waals surface area contributed by atoms with E-state index in [1.807, 2.05) is 24.3 Å². The molecule has 0 saturated carbocycles. The van der Waals surface area contributed by atoms with E-state index < -0.39 is 5.37 Å². The molecule has 0 aromatic heterocycles. The van der Waals surface area contributed by atoms with Gasteiger partial charge in [0.05, 0.1) is 13.0 Å². The van der Waals surface area contributed by atoms with E-state index in [0.29, 0.717) is 13.0 Å². The van der Waals surface area contributed by atoms with Crippen molar-refractivity contribution in [3.63, 3.8) is 0 Å². The minimum atomic E-state index is -0.747. The summed E-state index contributed by atoms with van der Waals surface area (Å²) < 4.78 is 0. The Kier molecular flexibility index (Phi) is 2.60. The maximum Gasteiger partial charge on any atom is 0.332 e. The highest BCUT2D eigenvalue weighted by molar-refractivity contribution is 6.62. The molecule has 0 bridgehead atoms. The predicted molar refractivity (Wildman–Crippen MR) is 55.1 cm³/mol. The van der Waals surface area contributed by atoms with Gasteiger partial charge in [-0.2, -0.15) is 0 Å². The Labute approximate surface area is 91.8 Å². The lowest BCUT2D eigenvalue weighted by Crippen LogP contribution is -2.46. The van der Waals surface area contributed by atoms with Crippen LogP contribution in [-0.4, -0.2) is 16.3 Å². The van der Waals surface area contributed by atoms with Gasteiger partial charge in [-0.3, -0.25) is 15.0 Å². The van der Waals surface area contributed by atoms with E-state index in [1.54, 1.807) is 0 Å². The van der Waals surface area contributed by atoms with Gasteiger partial charge in [0, 0.05) is 0 Å². The van der Waals surface area contributed by atoms with Gasteiger partial charge in [-0.1, -0.05) is 24.3 Å². The lowest BCUT2D eigenvalue weighted by molar-refractivity contribution is -0.134. The zero-order chi connectivity index (χ0) is 10.8. The van der Waals surface area contributed by atoms with Gasteiger partial charge in [0.2, 0.25) is 5.91 Å². The van der Waals surface area contributed by atoms with Crippen molar-refractivity contribution >= 4 is 22.9 Å². The molecule has 1 heterocycles. The molecule has 1 aromatic carbocycles. The Morgan fingerprint density at radius 3 is 2.67 bits per heavy atom. The summed E-state index contributed by atoms with van der Waals surface area (Å²) in [5.41, 5.74) is 4.32. The van der Waals surface area contributed by atoms with Gasteiger partial charge < -0.3 is 0 Å². The number of carbonyl (C=O) groups is 2. The van der Waals surface area contributed by atoms with Crippen molar-refractivity contribution in [2.24, 2.45) is 0 Å². The third-order valence-corrected chi connectivity index (χ3v) is 2.40. The molecule has 0 unspecified atom stereocenters. The molecule has 2 rings (SSSR count). The monoisotopic (exact) mass is 224 g/mol. The molecule has 0 atom stereocenters.